The molecule has 0 spiro atoms. The molecule has 0 saturated carbocycles. The Bertz CT molecular complexity index is 1290. The van der Waals surface area contributed by atoms with Crippen LogP contribution in [-0.2, 0) is 4.74 Å². The minimum atomic E-state index is -0.479. The molecule has 8 nitrogen and oxygen atoms in total. The van der Waals surface area contributed by atoms with Crippen LogP contribution in [0.3, 0.4) is 0 Å². The lowest BCUT2D eigenvalue weighted by atomic mass is 10.2. The van der Waals surface area contributed by atoms with Crippen LogP contribution in [0.15, 0.2) is 72.8 Å². The highest BCUT2D eigenvalue weighted by atomic mass is 19.1. The number of nitrogens with zero attached hydrogens (tertiary/aromatic N) is 3. The molecule has 1 aromatic heterocycles. The summed E-state index contributed by atoms with van der Waals surface area (Å²) in [5, 5.41) is 7.29. The van der Waals surface area contributed by atoms with E-state index < -0.39 is 11.7 Å². The van der Waals surface area contributed by atoms with E-state index in [-0.39, 0.29) is 11.6 Å². The molecular formula is C25H23FN4O4. The van der Waals surface area contributed by atoms with Crippen LogP contribution in [0.1, 0.15) is 10.4 Å². The minimum Gasteiger partial charge on any atom is -0.497 e. The van der Waals surface area contributed by atoms with E-state index in [9.17, 15) is 9.18 Å². The van der Waals surface area contributed by atoms with Crippen molar-refractivity contribution < 1.29 is 23.4 Å². The van der Waals surface area contributed by atoms with Crippen LogP contribution in [0.5, 0.6) is 11.8 Å². The second-order valence-corrected chi connectivity index (χ2v) is 7.22. The summed E-state index contributed by atoms with van der Waals surface area (Å²) in [6.07, 6.45) is 0. The summed E-state index contributed by atoms with van der Waals surface area (Å²) >= 11 is 0. The summed E-state index contributed by atoms with van der Waals surface area (Å²) in [6, 6.07) is 20.2. The molecule has 0 unspecified atom stereocenters. The van der Waals surface area contributed by atoms with Crippen molar-refractivity contribution in [3.05, 3.63) is 84.2 Å². The van der Waals surface area contributed by atoms with Gasteiger partial charge in [-0.2, -0.15) is 4.98 Å². The lowest BCUT2D eigenvalue weighted by Crippen LogP contribution is -2.12. The van der Waals surface area contributed by atoms with E-state index >= 15 is 0 Å². The summed E-state index contributed by atoms with van der Waals surface area (Å²) in [4.78, 5) is 17.1. The number of halogens is 1. The summed E-state index contributed by atoms with van der Waals surface area (Å²) in [6.45, 7) is 0.687. The number of ether oxygens (including phenoxy) is 3. The number of benzene rings is 3. The van der Waals surface area contributed by atoms with Crippen molar-refractivity contribution in [2.75, 3.05) is 32.8 Å². The zero-order chi connectivity index (χ0) is 23.9. The average Bonchev–Trinajstić information content (AvgIpc) is 3.29. The molecule has 174 valence electrons. The number of nitrogens with one attached hydrogen (secondary N) is 1. The predicted octanol–water partition coefficient (Wildman–Crippen LogP) is 4.36. The lowest BCUT2D eigenvalue weighted by molar-refractivity contribution is 0.102. The molecule has 0 atom stereocenters. The van der Waals surface area contributed by atoms with E-state index in [0.717, 1.165) is 5.56 Å². The molecule has 1 N–H and O–H groups in total. The topological polar surface area (TPSA) is 87.5 Å². The van der Waals surface area contributed by atoms with Crippen LogP contribution >= 0.6 is 0 Å². The molecule has 34 heavy (non-hydrogen) atoms. The van der Waals surface area contributed by atoms with E-state index in [2.05, 4.69) is 15.4 Å². The number of hydrogen-bond acceptors (Lipinski definition) is 6. The van der Waals surface area contributed by atoms with Gasteiger partial charge in [0.15, 0.2) is 5.82 Å². The standard InChI is InChI=1S/C25H23FN4O4/c1-32-12-13-34-25-28-23(17-6-4-11-22(15-17)33-2)30(29-25)21-10-5-9-20(16-21)27-24(31)18-7-3-8-19(26)14-18/h3-11,14-16H,12-13H2,1-2H3,(H,27,31). The van der Waals surface area contributed by atoms with E-state index in [1.54, 1.807) is 43.2 Å². The van der Waals surface area contributed by atoms with Crippen LogP contribution in [0.4, 0.5) is 10.1 Å². The van der Waals surface area contributed by atoms with Crippen LogP contribution in [0.2, 0.25) is 0 Å². The Hall–Kier alpha value is -4.24. The zero-order valence-corrected chi connectivity index (χ0v) is 18.7. The van der Waals surface area contributed by atoms with Gasteiger partial charge in [-0.25, -0.2) is 9.07 Å². The van der Waals surface area contributed by atoms with Gasteiger partial charge in [0.2, 0.25) is 0 Å². The maximum absolute atomic E-state index is 13.5. The van der Waals surface area contributed by atoms with Gasteiger partial charge in [-0.15, -0.1) is 5.10 Å². The van der Waals surface area contributed by atoms with Crippen molar-refractivity contribution in [1.29, 1.82) is 0 Å². The van der Waals surface area contributed by atoms with Crippen molar-refractivity contribution in [3.63, 3.8) is 0 Å². The van der Waals surface area contributed by atoms with Gasteiger partial charge in [0.1, 0.15) is 18.2 Å². The Morgan fingerprint density at radius 1 is 1.00 bits per heavy atom. The number of amides is 1. The normalized spacial score (nSPS) is 10.7. The highest BCUT2D eigenvalue weighted by molar-refractivity contribution is 6.04. The van der Waals surface area contributed by atoms with Gasteiger partial charge in [0, 0.05) is 23.9 Å². The molecule has 0 bridgehead atoms. The Balaban J connectivity index is 1.67. The molecule has 4 rings (SSSR count). The average molecular weight is 462 g/mol. The second kappa shape index (κ2) is 10.6. The number of hydrogen-bond donors (Lipinski definition) is 1. The third-order valence-corrected chi connectivity index (χ3v) is 4.87. The van der Waals surface area contributed by atoms with Gasteiger partial charge in [-0.3, -0.25) is 4.79 Å². The maximum atomic E-state index is 13.5. The van der Waals surface area contributed by atoms with Crippen LogP contribution in [0, 0.1) is 5.82 Å². The maximum Gasteiger partial charge on any atom is 0.336 e. The SMILES string of the molecule is COCCOc1nc(-c2cccc(OC)c2)n(-c2cccc(NC(=O)c3cccc(F)c3)c2)n1. The van der Waals surface area contributed by atoms with Gasteiger partial charge in [0.05, 0.1) is 19.4 Å². The Morgan fingerprint density at radius 3 is 2.62 bits per heavy atom. The monoisotopic (exact) mass is 462 g/mol. The van der Waals surface area contributed by atoms with Crippen molar-refractivity contribution >= 4 is 11.6 Å². The van der Waals surface area contributed by atoms with Crippen molar-refractivity contribution in [3.8, 4) is 28.8 Å². The van der Waals surface area contributed by atoms with Crippen molar-refractivity contribution in [1.82, 2.24) is 14.8 Å². The summed E-state index contributed by atoms with van der Waals surface area (Å²) < 4.78 is 31.1. The van der Waals surface area contributed by atoms with E-state index in [0.29, 0.717) is 36.2 Å². The van der Waals surface area contributed by atoms with Gasteiger partial charge in [0.25, 0.3) is 5.91 Å². The Labute approximate surface area is 195 Å². The summed E-state index contributed by atoms with van der Waals surface area (Å²) in [5.41, 5.74) is 2.14. The molecule has 0 fully saturated rings. The fourth-order valence-corrected chi connectivity index (χ4v) is 3.25. The van der Waals surface area contributed by atoms with Gasteiger partial charge < -0.3 is 19.5 Å². The van der Waals surface area contributed by atoms with Crippen molar-refractivity contribution in [2.45, 2.75) is 0 Å². The quantitative estimate of drug-likeness (QED) is 0.372. The molecule has 9 heteroatoms. The third kappa shape index (κ3) is 5.38. The highest BCUT2D eigenvalue weighted by Gasteiger charge is 2.16. The number of methoxy groups -OCH3 is 2. The molecule has 0 saturated heterocycles. The minimum absolute atomic E-state index is 0.184. The van der Waals surface area contributed by atoms with E-state index in [1.807, 2.05) is 30.3 Å². The summed E-state index contributed by atoms with van der Waals surface area (Å²) in [5.74, 6) is 0.296. The molecule has 1 heterocycles. The van der Waals surface area contributed by atoms with Gasteiger partial charge in [-0.05, 0) is 48.5 Å². The first-order chi connectivity index (χ1) is 16.6. The summed E-state index contributed by atoms with van der Waals surface area (Å²) in [7, 11) is 3.18. The molecule has 0 radical (unpaired) electrons. The first-order valence-corrected chi connectivity index (χ1v) is 10.5. The molecule has 0 aliphatic rings. The van der Waals surface area contributed by atoms with Crippen LogP contribution in [-0.4, -0.2) is 48.1 Å². The molecule has 0 aliphatic carbocycles. The first kappa shape index (κ1) is 22.9. The first-order valence-electron chi connectivity index (χ1n) is 10.5. The number of anilines is 1. The fourth-order valence-electron chi connectivity index (χ4n) is 3.25. The number of carbonyl (C=O) groups excluding carboxylic acids is 1. The zero-order valence-electron chi connectivity index (χ0n) is 18.7. The van der Waals surface area contributed by atoms with Crippen LogP contribution in [0.25, 0.3) is 17.1 Å². The van der Waals surface area contributed by atoms with Gasteiger partial charge >= 0.3 is 6.01 Å². The van der Waals surface area contributed by atoms with Gasteiger partial charge in [-0.1, -0.05) is 24.3 Å². The number of aromatic nitrogens is 3. The largest absolute Gasteiger partial charge is 0.497 e. The molecule has 1 amide bonds. The molecule has 0 aliphatic heterocycles. The highest BCUT2D eigenvalue weighted by Crippen LogP contribution is 2.27. The molecule has 3 aromatic carbocycles. The molecule has 4 aromatic rings. The predicted molar refractivity (Wildman–Crippen MR) is 125 cm³/mol. The second-order valence-electron chi connectivity index (χ2n) is 7.22. The third-order valence-electron chi connectivity index (χ3n) is 4.87. The van der Waals surface area contributed by atoms with E-state index in [1.165, 1.54) is 18.2 Å². The van der Waals surface area contributed by atoms with Crippen molar-refractivity contribution in [2.24, 2.45) is 0 Å². The lowest BCUT2D eigenvalue weighted by Gasteiger charge is -2.10. The Morgan fingerprint density at radius 2 is 1.82 bits per heavy atom. The molecular weight excluding hydrogens is 439 g/mol. The van der Waals surface area contributed by atoms with E-state index in [4.69, 9.17) is 14.2 Å². The number of rotatable bonds is 9. The smallest absolute Gasteiger partial charge is 0.336 e. The van der Waals surface area contributed by atoms with Crippen LogP contribution < -0.4 is 14.8 Å². The fraction of sp³-hybridized carbons (Fsp3) is 0.160. The number of carbonyl (C=O) groups is 1. The Kier molecular flexibility index (Phi) is 7.14.